The highest BCUT2D eigenvalue weighted by Gasteiger charge is 2.30. The minimum atomic E-state index is 0.181. The molecule has 1 aromatic carbocycles. The van der Waals surface area contributed by atoms with Crippen molar-refractivity contribution < 1.29 is 14.3 Å². The van der Waals surface area contributed by atoms with E-state index in [1.165, 1.54) is 25.7 Å². The second-order valence-corrected chi connectivity index (χ2v) is 7.05. The van der Waals surface area contributed by atoms with Gasteiger partial charge in [0.1, 0.15) is 0 Å². The molecule has 0 bridgehead atoms. The normalized spacial score (nSPS) is 21.2. The van der Waals surface area contributed by atoms with Crippen molar-refractivity contribution in [2.75, 3.05) is 20.8 Å². The summed E-state index contributed by atoms with van der Waals surface area (Å²) in [6.45, 7) is 0.877. The van der Waals surface area contributed by atoms with Crippen molar-refractivity contribution in [2.24, 2.45) is 5.92 Å². The molecule has 1 aliphatic heterocycles. The number of carbonyl (C=O) groups excluding carboxylic acids is 1. The second kappa shape index (κ2) is 7.91. The first kappa shape index (κ1) is 17.1. The maximum Gasteiger partial charge on any atom is 0.223 e. The monoisotopic (exact) mass is 331 g/mol. The first-order valence-corrected chi connectivity index (χ1v) is 9.24. The van der Waals surface area contributed by atoms with E-state index in [4.69, 9.17) is 9.47 Å². The van der Waals surface area contributed by atoms with Crippen LogP contribution in [0.25, 0.3) is 0 Å². The number of benzene rings is 1. The van der Waals surface area contributed by atoms with Gasteiger partial charge in [-0.25, -0.2) is 0 Å². The molecule has 1 amide bonds. The first-order valence-electron chi connectivity index (χ1n) is 9.24. The Labute approximate surface area is 145 Å². The maximum atomic E-state index is 12.7. The van der Waals surface area contributed by atoms with Gasteiger partial charge in [0.25, 0.3) is 0 Å². The van der Waals surface area contributed by atoms with E-state index < -0.39 is 0 Å². The van der Waals surface area contributed by atoms with E-state index in [0.717, 1.165) is 48.8 Å². The molecule has 0 N–H and O–H groups in total. The molecular weight excluding hydrogens is 302 g/mol. The van der Waals surface area contributed by atoms with Crippen molar-refractivity contribution in [3.8, 4) is 11.5 Å². The van der Waals surface area contributed by atoms with E-state index in [9.17, 15) is 4.79 Å². The molecule has 2 aliphatic rings. The molecule has 2 fully saturated rings. The van der Waals surface area contributed by atoms with Gasteiger partial charge >= 0.3 is 0 Å². The van der Waals surface area contributed by atoms with Gasteiger partial charge in [-0.15, -0.1) is 0 Å². The molecule has 0 aromatic heterocycles. The molecule has 1 heterocycles. The SMILES string of the molecule is COc1ccc([C@H]2CCCN2C(=O)CCC2CCCC2)cc1OC. The molecule has 4 heteroatoms. The van der Waals surface area contributed by atoms with E-state index in [1.807, 2.05) is 12.1 Å². The lowest BCUT2D eigenvalue weighted by molar-refractivity contribution is -0.132. The third kappa shape index (κ3) is 3.68. The van der Waals surface area contributed by atoms with Gasteiger partial charge in [0.2, 0.25) is 5.91 Å². The van der Waals surface area contributed by atoms with Crippen molar-refractivity contribution in [1.82, 2.24) is 4.90 Å². The number of likely N-dealkylation sites (tertiary alicyclic amines) is 1. The van der Waals surface area contributed by atoms with Crippen LogP contribution in [-0.4, -0.2) is 31.6 Å². The Morgan fingerprint density at radius 1 is 1.08 bits per heavy atom. The van der Waals surface area contributed by atoms with Crippen molar-refractivity contribution >= 4 is 5.91 Å². The Balaban J connectivity index is 1.67. The Morgan fingerprint density at radius 3 is 2.54 bits per heavy atom. The van der Waals surface area contributed by atoms with Gasteiger partial charge in [0, 0.05) is 13.0 Å². The summed E-state index contributed by atoms with van der Waals surface area (Å²) in [6.07, 6.45) is 9.19. The summed E-state index contributed by atoms with van der Waals surface area (Å²) in [5, 5.41) is 0. The number of ether oxygens (including phenoxy) is 2. The molecule has 0 unspecified atom stereocenters. The molecule has 1 aliphatic carbocycles. The highest BCUT2D eigenvalue weighted by Crippen LogP contribution is 2.37. The lowest BCUT2D eigenvalue weighted by Gasteiger charge is -2.26. The molecule has 3 rings (SSSR count). The van der Waals surface area contributed by atoms with Crippen molar-refractivity contribution in [3.63, 3.8) is 0 Å². The predicted octanol–water partition coefficient (Wildman–Crippen LogP) is 4.34. The zero-order valence-electron chi connectivity index (χ0n) is 14.9. The largest absolute Gasteiger partial charge is 0.493 e. The first-order chi connectivity index (χ1) is 11.7. The van der Waals surface area contributed by atoms with Crippen LogP contribution in [0.3, 0.4) is 0 Å². The molecule has 0 spiro atoms. The van der Waals surface area contributed by atoms with Crippen LogP contribution in [0.15, 0.2) is 18.2 Å². The highest BCUT2D eigenvalue weighted by molar-refractivity contribution is 5.77. The third-order valence-corrected chi connectivity index (χ3v) is 5.61. The zero-order chi connectivity index (χ0) is 16.9. The van der Waals surface area contributed by atoms with E-state index in [-0.39, 0.29) is 6.04 Å². The standard InChI is InChI=1S/C20H29NO3/c1-23-18-11-10-16(14-19(18)24-2)17-8-5-13-21(17)20(22)12-9-15-6-3-4-7-15/h10-11,14-15,17H,3-9,12-13H2,1-2H3/t17-/m1/s1. The quantitative estimate of drug-likeness (QED) is 0.778. The topological polar surface area (TPSA) is 38.8 Å². The number of nitrogens with zero attached hydrogens (tertiary/aromatic N) is 1. The summed E-state index contributed by atoms with van der Waals surface area (Å²) >= 11 is 0. The van der Waals surface area contributed by atoms with E-state index in [2.05, 4.69) is 11.0 Å². The average molecular weight is 331 g/mol. The number of amides is 1. The summed E-state index contributed by atoms with van der Waals surface area (Å²) in [6, 6.07) is 6.20. The predicted molar refractivity (Wildman–Crippen MR) is 94.4 cm³/mol. The lowest BCUT2D eigenvalue weighted by atomic mass is 10.0. The number of carbonyl (C=O) groups is 1. The van der Waals surface area contributed by atoms with Crippen molar-refractivity contribution in [1.29, 1.82) is 0 Å². The van der Waals surface area contributed by atoms with Crippen molar-refractivity contribution in [2.45, 2.75) is 57.4 Å². The molecule has 24 heavy (non-hydrogen) atoms. The fourth-order valence-electron chi connectivity index (χ4n) is 4.24. The number of hydrogen-bond donors (Lipinski definition) is 0. The van der Waals surface area contributed by atoms with E-state index in [0.29, 0.717) is 12.3 Å². The zero-order valence-corrected chi connectivity index (χ0v) is 14.9. The number of methoxy groups -OCH3 is 2. The van der Waals surface area contributed by atoms with E-state index in [1.54, 1.807) is 14.2 Å². The third-order valence-electron chi connectivity index (χ3n) is 5.61. The second-order valence-electron chi connectivity index (χ2n) is 7.05. The van der Waals surface area contributed by atoms with Crippen LogP contribution >= 0.6 is 0 Å². The molecular formula is C20H29NO3. The number of rotatable bonds is 6. The van der Waals surface area contributed by atoms with Crippen LogP contribution in [0.2, 0.25) is 0 Å². The van der Waals surface area contributed by atoms with Gasteiger partial charge < -0.3 is 14.4 Å². The summed E-state index contributed by atoms with van der Waals surface area (Å²) < 4.78 is 10.7. The van der Waals surface area contributed by atoms with Gasteiger partial charge in [0.15, 0.2) is 11.5 Å². The minimum Gasteiger partial charge on any atom is -0.493 e. The Bertz CT molecular complexity index is 566. The molecule has 1 saturated heterocycles. The molecule has 1 aromatic rings. The van der Waals surface area contributed by atoms with Gasteiger partial charge in [0.05, 0.1) is 20.3 Å². The Kier molecular flexibility index (Phi) is 5.64. The fraction of sp³-hybridized carbons (Fsp3) is 0.650. The Hall–Kier alpha value is -1.71. The van der Waals surface area contributed by atoms with Crippen molar-refractivity contribution in [3.05, 3.63) is 23.8 Å². The smallest absolute Gasteiger partial charge is 0.223 e. The molecule has 0 radical (unpaired) electrons. The minimum absolute atomic E-state index is 0.181. The van der Waals surface area contributed by atoms with Crippen LogP contribution in [0.1, 0.15) is 63.0 Å². The van der Waals surface area contributed by atoms with Gasteiger partial charge in [-0.2, -0.15) is 0 Å². The highest BCUT2D eigenvalue weighted by atomic mass is 16.5. The van der Waals surface area contributed by atoms with Crippen LogP contribution < -0.4 is 9.47 Å². The fourth-order valence-corrected chi connectivity index (χ4v) is 4.24. The summed E-state index contributed by atoms with van der Waals surface area (Å²) in [5.41, 5.74) is 1.15. The number of hydrogen-bond acceptors (Lipinski definition) is 3. The Morgan fingerprint density at radius 2 is 1.83 bits per heavy atom. The molecule has 1 saturated carbocycles. The summed E-state index contributed by atoms with van der Waals surface area (Å²) in [4.78, 5) is 14.8. The molecule has 132 valence electrons. The van der Waals surface area contributed by atoms with Gasteiger partial charge in [-0.1, -0.05) is 31.7 Å². The summed E-state index contributed by atoms with van der Waals surface area (Å²) in [5.74, 6) is 2.56. The van der Waals surface area contributed by atoms with Crippen LogP contribution in [0.4, 0.5) is 0 Å². The van der Waals surface area contributed by atoms with Crippen LogP contribution in [0.5, 0.6) is 11.5 Å². The molecule has 4 nitrogen and oxygen atoms in total. The van der Waals surface area contributed by atoms with Crippen LogP contribution in [0, 0.1) is 5.92 Å². The maximum absolute atomic E-state index is 12.7. The van der Waals surface area contributed by atoms with E-state index >= 15 is 0 Å². The van der Waals surface area contributed by atoms with Gasteiger partial charge in [-0.3, -0.25) is 4.79 Å². The van der Waals surface area contributed by atoms with Crippen LogP contribution in [-0.2, 0) is 4.79 Å². The average Bonchev–Trinajstić information content (AvgIpc) is 3.30. The van der Waals surface area contributed by atoms with Gasteiger partial charge in [-0.05, 0) is 42.9 Å². The molecule has 1 atom stereocenters. The summed E-state index contributed by atoms with van der Waals surface area (Å²) in [7, 11) is 3.30. The lowest BCUT2D eigenvalue weighted by Crippen LogP contribution is -2.30.